The third-order valence-electron chi connectivity index (χ3n) is 4.52. The second-order valence-electron chi connectivity index (χ2n) is 6.42. The normalized spacial score (nSPS) is 13.4. The molecule has 6 nitrogen and oxygen atoms in total. The average molecular weight is 415 g/mol. The molecule has 0 N–H and O–H groups in total. The van der Waals surface area contributed by atoms with Gasteiger partial charge in [0.05, 0.1) is 26.8 Å². The summed E-state index contributed by atoms with van der Waals surface area (Å²) in [6, 6.07) is 13.4. The number of carbonyl (C=O) groups excluding carboxylic acids is 1. The van der Waals surface area contributed by atoms with Crippen LogP contribution in [0.2, 0.25) is 0 Å². The molecule has 0 saturated carbocycles. The number of rotatable bonds is 5. The van der Waals surface area contributed by atoms with Crippen molar-refractivity contribution in [2.45, 2.75) is 24.8 Å². The van der Waals surface area contributed by atoms with Crippen molar-refractivity contribution in [1.82, 2.24) is 4.98 Å². The highest BCUT2D eigenvalue weighted by atomic mass is 32.2. The predicted octanol–water partition coefficient (Wildman–Crippen LogP) is 3.56. The Morgan fingerprint density at radius 3 is 2.82 bits per heavy atom. The van der Waals surface area contributed by atoms with Crippen LogP contribution in [0.1, 0.15) is 26.6 Å². The molecule has 0 radical (unpaired) electrons. The van der Waals surface area contributed by atoms with E-state index in [2.05, 4.69) is 4.98 Å². The first kappa shape index (κ1) is 18.6. The number of hydrogen-bond donors (Lipinski definition) is 0. The number of nitrogens with zero attached hydrogens (tertiary/aromatic N) is 2. The highest BCUT2D eigenvalue weighted by Gasteiger charge is 2.31. The Bertz CT molecular complexity index is 1140. The fourth-order valence-corrected chi connectivity index (χ4v) is 5.31. The van der Waals surface area contributed by atoms with Crippen LogP contribution in [0, 0.1) is 6.92 Å². The maximum absolute atomic E-state index is 13.1. The van der Waals surface area contributed by atoms with Crippen LogP contribution in [-0.4, -0.2) is 25.9 Å². The molecule has 8 heteroatoms. The van der Waals surface area contributed by atoms with Gasteiger partial charge < -0.3 is 4.74 Å². The lowest BCUT2D eigenvalue weighted by molar-refractivity contribution is 0.0468. The van der Waals surface area contributed by atoms with Crippen molar-refractivity contribution in [3.8, 4) is 0 Å². The number of benzene rings is 2. The van der Waals surface area contributed by atoms with E-state index in [1.807, 2.05) is 30.5 Å². The molecule has 0 fully saturated rings. The minimum atomic E-state index is -3.76. The van der Waals surface area contributed by atoms with Gasteiger partial charge in [-0.1, -0.05) is 24.3 Å². The lowest BCUT2D eigenvalue weighted by Gasteiger charge is -2.19. The van der Waals surface area contributed by atoms with Gasteiger partial charge in [-0.3, -0.25) is 4.31 Å². The largest absolute Gasteiger partial charge is 0.456 e. The molecule has 0 bridgehead atoms. The summed E-state index contributed by atoms with van der Waals surface area (Å²) in [6.45, 7) is 2.32. The van der Waals surface area contributed by atoms with Gasteiger partial charge in [0.2, 0.25) is 0 Å². The molecule has 3 aromatic rings. The van der Waals surface area contributed by atoms with Gasteiger partial charge in [-0.2, -0.15) is 0 Å². The van der Waals surface area contributed by atoms with E-state index < -0.39 is 16.0 Å². The monoisotopic (exact) mass is 414 g/mol. The van der Waals surface area contributed by atoms with Crippen LogP contribution in [0.5, 0.6) is 0 Å². The van der Waals surface area contributed by atoms with E-state index in [1.165, 1.54) is 27.8 Å². The molecule has 1 aromatic heterocycles. The van der Waals surface area contributed by atoms with E-state index in [9.17, 15) is 13.2 Å². The minimum Gasteiger partial charge on any atom is -0.456 e. The van der Waals surface area contributed by atoms with E-state index in [1.54, 1.807) is 18.2 Å². The number of esters is 1. The third kappa shape index (κ3) is 3.53. The summed E-state index contributed by atoms with van der Waals surface area (Å²) >= 11 is 1.48. The standard InChI is InChI=1S/C20H18N2O4S2/c1-14-21-17(13-27-14)12-26-20(23)16-6-4-7-18(11-16)28(24,25)22-10-9-15-5-2-3-8-19(15)22/h2-8,11,13H,9-10,12H2,1H3. The first-order chi connectivity index (χ1) is 13.4. The maximum Gasteiger partial charge on any atom is 0.338 e. The van der Waals surface area contributed by atoms with Crippen molar-refractivity contribution in [3.05, 3.63) is 75.7 Å². The van der Waals surface area contributed by atoms with Gasteiger partial charge in [-0.25, -0.2) is 18.2 Å². The van der Waals surface area contributed by atoms with Crippen LogP contribution in [0.15, 0.2) is 58.8 Å². The van der Waals surface area contributed by atoms with Gasteiger partial charge in [0.1, 0.15) is 6.61 Å². The molecule has 0 atom stereocenters. The van der Waals surface area contributed by atoms with Crippen LogP contribution in [-0.2, 0) is 27.8 Å². The Morgan fingerprint density at radius 1 is 1.21 bits per heavy atom. The van der Waals surface area contributed by atoms with E-state index in [4.69, 9.17) is 4.74 Å². The number of ether oxygens (including phenoxy) is 1. The van der Waals surface area contributed by atoms with Crippen LogP contribution in [0.4, 0.5) is 5.69 Å². The highest BCUT2D eigenvalue weighted by Crippen LogP contribution is 2.32. The van der Waals surface area contributed by atoms with E-state index in [0.717, 1.165) is 10.6 Å². The Hall–Kier alpha value is -2.71. The summed E-state index contributed by atoms with van der Waals surface area (Å²) < 4.78 is 32.9. The lowest BCUT2D eigenvalue weighted by atomic mass is 10.2. The summed E-state index contributed by atoms with van der Waals surface area (Å²) in [5.74, 6) is -0.579. The first-order valence-electron chi connectivity index (χ1n) is 8.74. The number of para-hydroxylation sites is 1. The summed E-state index contributed by atoms with van der Waals surface area (Å²) in [4.78, 5) is 16.7. The molecule has 0 amide bonds. The first-order valence-corrected chi connectivity index (χ1v) is 11.1. The molecular weight excluding hydrogens is 396 g/mol. The number of sulfonamides is 1. The summed E-state index contributed by atoms with van der Waals surface area (Å²) in [6.07, 6.45) is 0.671. The number of anilines is 1. The fraction of sp³-hybridized carbons (Fsp3) is 0.200. The van der Waals surface area contributed by atoms with E-state index in [0.29, 0.717) is 24.3 Å². The number of aryl methyl sites for hydroxylation is 1. The Morgan fingerprint density at radius 2 is 2.04 bits per heavy atom. The Labute approximate surface area is 167 Å². The number of fused-ring (bicyclic) bond motifs is 1. The molecule has 28 heavy (non-hydrogen) atoms. The summed E-state index contributed by atoms with van der Waals surface area (Å²) in [5.41, 5.74) is 2.56. The van der Waals surface area contributed by atoms with Crippen LogP contribution >= 0.6 is 11.3 Å². The van der Waals surface area contributed by atoms with Crippen molar-refractivity contribution in [2.75, 3.05) is 10.8 Å². The third-order valence-corrected chi connectivity index (χ3v) is 7.15. The SMILES string of the molecule is Cc1nc(COC(=O)c2cccc(S(=O)(=O)N3CCc4ccccc43)c2)cs1. The molecule has 2 heterocycles. The van der Waals surface area contributed by atoms with Crippen molar-refractivity contribution >= 4 is 33.0 Å². The van der Waals surface area contributed by atoms with Crippen molar-refractivity contribution in [3.63, 3.8) is 0 Å². The van der Waals surface area contributed by atoms with E-state index in [-0.39, 0.29) is 17.1 Å². The molecule has 4 rings (SSSR count). The second-order valence-corrected chi connectivity index (χ2v) is 9.34. The zero-order valence-corrected chi connectivity index (χ0v) is 16.8. The average Bonchev–Trinajstić information content (AvgIpc) is 3.32. The molecule has 0 aliphatic carbocycles. The predicted molar refractivity (Wildman–Crippen MR) is 107 cm³/mol. The molecule has 0 saturated heterocycles. The van der Waals surface area contributed by atoms with Crippen molar-refractivity contribution in [2.24, 2.45) is 0 Å². The topological polar surface area (TPSA) is 76.6 Å². The number of hydrogen-bond acceptors (Lipinski definition) is 6. The maximum atomic E-state index is 13.1. The highest BCUT2D eigenvalue weighted by molar-refractivity contribution is 7.92. The van der Waals surface area contributed by atoms with Gasteiger partial charge in [0.15, 0.2) is 0 Å². The van der Waals surface area contributed by atoms with Crippen LogP contribution in [0.25, 0.3) is 0 Å². The lowest BCUT2D eigenvalue weighted by Crippen LogP contribution is -2.29. The molecule has 1 aliphatic rings. The number of carbonyl (C=O) groups is 1. The van der Waals surface area contributed by atoms with E-state index >= 15 is 0 Å². The van der Waals surface area contributed by atoms with Gasteiger partial charge in [0.25, 0.3) is 10.0 Å². The molecule has 0 unspecified atom stereocenters. The summed E-state index contributed by atoms with van der Waals surface area (Å²) in [7, 11) is -3.76. The fourth-order valence-electron chi connectivity index (χ4n) is 3.17. The molecule has 1 aliphatic heterocycles. The quantitative estimate of drug-likeness (QED) is 0.597. The van der Waals surface area contributed by atoms with Crippen molar-refractivity contribution < 1.29 is 17.9 Å². The van der Waals surface area contributed by atoms with Crippen LogP contribution < -0.4 is 4.31 Å². The van der Waals surface area contributed by atoms with Crippen LogP contribution in [0.3, 0.4) is 0 Å². The zero-order valence-electron chi connectivity index (χ0n) is 15.2. The molecular formula is C20H18N2O4S2. The summed E-state index contributed by atoms with van der Waals surface area (Å²) in [5, 5.41) is 2.72. The number of thiazole rings is 1. The second kappa shape index (κ2) is 7.37. The number of aromatic nitrogens is 1. The Balaban J connectivity index is 1.55. The molecule has 0 spiro atoms. The Kier molecular flexibility index (Phi) is 4.91. The molecule has 144 valence electrons. The van der Waals surface area contributed by atoms with Gasteiger partial charge >= 0.3 is 5.97 Å². The minimum absolute atomic E-state index is 0.0552. The van der Waals surface area contributed by atoms with Gasteiger partial charge in [0, 0.05) is 11.9 Å². The smallest absolute Gasteiger partial charge is 0.338 e. The van der Waals surface area contributed by atoms with Crippen molar-refractivity contribution in [1.29, 1.82) is 0 Å². The van der Waals surface area contributed by atoms with Gasteiger partial charge in [-0.15, -0.1) is 11.3 Å². The van der Waals surface area contributed by atoms with Gasteiger partial charge in [-0.05, 0) is 43.2 Å². The molecule has 2 aromatic carbocycles. The zero-order chi connectivity index (χ0) is 19.7.